The number of fused-ring (bicyclic) bond motifs is 1. The summed E-state index contributed by atoms with van der Waals surface area (Å²) in [4.78, 5) is 14.9. The van der Waals surface area contributed by atoms with Crippen LogP contribution < -0.4 is 14.4 Å². The Morgan fingerprint density at radius 2 is 1.93 bits per heavy atom. The first-order valence-electron chi connectivity index (χ1n) is 9.02. The molecule has 0 aromatic heterocycles. The maximum atomic E-state index is 13.2. The summed E-state index contributed by atoms with van der Waals surface area (Å²) in [6.45, 7) is 1.99. The summed E-state index contributed by atoms with van der Waals surface area (Å²) in [6, 6.07) is 12.4. The molecule has 4 rings (SSSR count). The van der Waals surface area contributed by atoms with Gasteiger partial charge in [-0.3, -0.25) is 4.79 Å². The van der Waals surface area contributed by atoms with E-state index < -0.39 is 10.0 Å². The van der Waals surface area contributed by atoms with Crippen molar-refractivity contribution in [3.05, 3.63) is 53.6 Å². The zero-order valence-electron chi connectivity index (χ0n) is 15.3. The fourth-order valence-corrected chi connectivity index (χ4v) is 5.02. The zero-order valence-corrected chi connectivity index (χ0v) is 16.1. The Labute approximate surface area is 159 Å². The van der Waals surface area contributed by atoms with Gasteiger partial charge < -0.3 is 9.64 Å². The second-order valence-corrected chi connectivity index (χ2v) is 8.80. The van der Waals surface area contributed by atoms with Gasteiger partial charge in [0.1, 0.15) is 10.6 Å². The van der Waals surface area contributed by atoms with Gasteiger partial charge in [0.15, 0.2) is 0 Å². The first-order chi connectivity index (χ1) is 12.9. The monoisotopic (exact) mass is 386 g/mol. The first kappa shape index (κ1) is 18.0. The van der Waals surface area contributed by atoms with E-state index in [1.807, 2.05) is 31.2 Å². The number of hydrogen-bond donors (Lipinski definition) is 1. The van der Waals surface area contributed by atoms with Crippen molar-refractivity contribution in [2.24, 2.45) is 0 Å². The van der Waals surface area contributed by atoms with Crippen LogP contribution in [0.4, 0.5) is 5.69 Å². The number of carbonyl (C=O) groups excluding carboxylic acids is 1. The van der Waals surface area contributed by atoms with Crippen molar-refractivity contribution in [2.45, 2.75) is 43.2 Å². The predicted molar refractivity (Wildman–Crippen MR) is 103 cm³/mol. The molecule has 1 fully saturated rings. The van der Waals surface area contributed by atoms with Crippen LogP contribution >= 0.6 is 0 Å². The number of nitrogens with zero attached hydrogens (tertiary/aromatic N) is 1. The van der Waals surface area contributed by atoms with E-state index in [0.29, 0.717) is 5.56 Å². The third-order valence-electron chi connectivity index (χ3n) is 5.03. The zero-order chi connectivity index (χ0) is 19.2. The lowest BCUT2D eigenvalue weighted by molar-refractivity contribution is 0.0981. The van der Waals surface area contributed by atoms with Crippen molar-refractivity contribution in [1.82, 2.24) is 4.72 Å². The molecule has 1 heterocycles. The quantitative estimate of drug-likeness (QED) is 0.857. The number of methoxy groups -OCH3 is 1. The smallest absolute Gasteiger partial charge is 0.258 e. The summed E-state index contributed by atoms with van der Waals surface area (Å²) in [5.41, 5.74) is 2.33. The molecule has 2 aromatic carbocycles. The molecule has 7 heteroatoms. The van der Waals surface area contributed by atoms with Gasteiger partial charge in [-0.15, -0.1) is 0 Å². The van der Waals surface area contributed by atoms with E-state index in [4.69, 9.17) is 4.74 Å². The number of rotatable bonds is 5. The number of amides is 1. The molecule has 142 valence electrons. The van der Waals surface area contributed by atoms with Gasteiger partial charge in [0.2, 0.25) is 10.0 Å². The maximum absolute atomic E-state index is 13.2. The van der Waals surface area contributed by atoms with Crippen LogP contribution in [-0.2, 0) is 16.4 Å². The van der Waals surface area contributed by atoms with Crippen LogP contribution in [0.5, 0.6) is 5.75 Å². The highest BCUT2D eigenvalue weighted by Crippen LogP contribution is 2.34. The molecule has 1 N–H and O–H groups in total. The number of ether oxygens (including phenoxy) is 1. The van der Waals surface area contributed by atoms with Crippen LogP contribution in [0.1, 0.15) is 35.7 Å². The largest absolute Gasteiger partial charge is 0.495 e. The topological polar surface area (TPSA) is 75.7 Å². The fourth-order valence-electron chi connectivity index (χ4n) is 3.52. The minimum absolute atomic E-state index is 0.00267. The third kappa shape index (κ3) is 3.33. The molecule has 0 bridgehead atoms. The molecule has 1 amide bonds. The fraction of sp³-hybridized carbons (Fsp3) is 0.350. The van der Waals surface area contributed by atoms with E-state index in [1.54, 1.807) is 17.0 Å². The van der Waals surface area contributed by atoms with E-state index in [2.05, 4.69) is 4.72 Å². The molecule has 2 aromatic rings. The van der Waals surface area contributed by atoms with Crippen LogP contribution in [0, 0.1) is 0 Å². The Bertz CT molecular complexity index is 999. The minimum atomic E-state index is -3.74. The molecule has 0 unspecified atom stereocenters. The number of hydrogen-bond acceptors (Lipinski definition) is 4. The van der Waals surface area contributed by atoms with Crippen molar-refractivity contribution < 1.29 is 17.9 Å². The van der Waals surface area contributed by atoms with Gasteiger partial charge >= 0.3 is 0 Å². The molecule has 0 spiro atoms. The number of sulfonamides is 1. The molecular weight excluding hydrogens is 364 g/mol. The van der Waals surface area contributed by atoms with Crippen LogP contribution in [0.2, 0.25) is 0 Å². The normalized spacial score (nSPS) is 19.0. The molecule has 0 saturated heterocycles. The van der Waals surface area contributed by atoms with E-state index in [0.717, 1.165) is 30.5 Å². The van der Waals surface area contributed by atoms with Gasteiger partial charge in [-0.2, -0.15) is 0 Å². The summed E-state index contributed by atoms with van der Waals surface area (Å²) >= 11 is 0. The number of nitrogens with one attached hydrogen (secondary N) is 1. The van der Waals surface area contributed by atoms with Crippen molar-refractivity contribution in [2.75, 3.05) is 12.0 Å². The van der Waals surface area contributed by atoms with Crippen molar-refractivity contribution >= 4 is 21.6 Å². The highest BCUT2D eigenvalue weighted by atomic mass is 32.2. The van der Waals surface area contributed by atoms with Crippen LogP contribution in [0.3, 0.4) is 0 Å². The van der Waals surface area contributed by atoms with E-state index >= 15 is 0 Å². The lowest BCUT2D eigenvalue weighted by atomic mass is 10.1. The number of anilines is 1. The van der Waals surface area contributed by atoms with Gasteiger partial charge in [0.05, 0.1) is 7.11 Å². The van der Waals surface area contributed by atoms with Gasteiger partial charge in [0.25, 0.3) is 5.91 Å². The van der Waals surface area contributed by atoms with Crippen molar-refractivity contribution in [3.63, 3.8) is 0 Å². The third-order valence-corrected chi connectivity index (χ3v) is 6.57. The highest BCUT2D eigenvalue weighted by Gasteiger charge is 2.33. The molecule has 1 aliphatic heterocycles. The second kappa shape index (κ2) is 6.65. The standard InChI is InChI=1S/C20H22N2O4S/c1-13-11-14-5-3-4-6-17(14)22(13)20(23)15-7-10-18(26-2)19(12-15)27(24,25)21-16-8-9-16/h3-7,10,12-13,16,21H,8-9,11H2,1-2H3/t13-/m0/s1. The molecule has 1 aliphatic carbocycles. The Morgan fingerprint density at radius 3 is 2.63 bits per heavy atom. The molecule has 2 aliphatic rings. The lowest BCUT2D eigenvalue weighted by Gasteiger charge is -2.23. The Hall–Kier alpha value is -2.38. The lowest BCUT2D eigenvalue weighted by Crippen LogP contribution is -2.36. The number of para-hydroxylation sites is 1. The van der Waals surface area contributed by atoms with Gasteiger partial charge in [-0.25, -0.2) is 13.1 Å². The van der Waals surface area contributed by atoms with Gasteiger partial charge in [-0.05, 0) is 56.0 Å². The van der Waals surface area contributed by atoms with Crippen LogP contribution in [-0.4, -0.2) is 33.5 Å². The Balaban J connectivity index is 1.72. The predicted octanol–water partition coefficient (Wildman–Crippen LogP) is 2.73. The summed E-state index contributed by atoms with van der Waals surface area (Å²) in [5.74, 6) is 0.0209. The molecule has 27 heavy (non-hydrogen) atoms. The van der Waals surface area contributed by atoms with Crippen molar-refractivity contribution in [1.29, 1.82) is 0 Å². The van der Waals surface area contributed by atoms with E-state index in [-0.39, 0.29) is 28.6 Å². The molecular formula is C20H22N2O4S. The summed E-state index contributed by atoms with van der Waals surface area (Å²) in [5, 5.41) is 0. The van der Waals surface area contributed by atoms with Crippen LogP contribution in [0.15, 0.2) is 47.4 Å². The van der Waals surface area contributed by atoms with Crippen molar-refractivity contribution in [3.8, 4) is 5.75 Å². The van der Waals surface area contributed by atoms with Gasteiger partial charge in [-0.1, -0.05) is 18.2 Å². The van der Waals surface area contributed by atoms with Gasteiger partial charge in [0, 0.05) is 23.3 Å². The summed E-state index contributed by atoms with van der Waals surface area (Å²) in [6.07, 6.45) is 2.46. The summed E-state index contributed by atoms with van der Waals surface area (Å²) in [7, 11) is -2.32. The van der Waals surface area contributed by atoms with E-state index in [1.165, 1.54) is 13.2 Å². The molecule has 6 nitrogen and oxygen atoms in total. The van der Waals surface area contributed by atoms with Crippen LogP contribution in [0.25, 0.3) is 0 Å². The Kier molecular flexibility index (Phi) is 4.44. The highest BCUT2D eigenvalue weighted by molar-refractivity contribution is 7.89. The Morgan fingerprint density at radius 1 is 1.19 bits per heavy atom. The first-order valence-corrected chi connectivity index (χ1v) is 10.5. The number of benzene rings is 2. The summed E-state index contributed by atoms with van der Waals surface area (Å²) < 4.78 is 33.3. The SMILES string of the molecule is COc1ccc(C(=O)N2c3ccccc3C[C@@H]2C)cc1S(=O)(=O)NC1CC1. The molecule has 1 atom stereocenters. The average molecular weight is 386 g/mol. The number of carbonyl (C=O) groups is 1. The second-order valence-electron chi connectivity index (χ2n) is 7.12. The molecule has 0 radical (unpaired) electrons. The minimum Gasteiger partial charge on any atom is -0.495 e. The van der Waals surface area contributed by atoms with E-state index in [9.17, 15) is 13.2 Å². The average Bonchev–Trinajstić information content (AvgIpc) is 3.39. The maximum Gasteiger partial charge on any atom is 0.258 e. The molecule has 1 saturated carbocycles.